The fourth-order valence-corrected chi connectivity index (χ4v) is 2.43. The summed E-state index contributed by atoms with van der Waals surface area (Å²) in [6.07, 6.45) is 7.94. The van der Waals surface area contributed by atoms with E-state index in [-0.39, 0.29) is 5.91 Å². The van der Waals surface area contributed by atoms with Gasteiger partial charge in [-0.25, -0.2) is 4.98 Å². The second-order valence-corrected chi connectivity index (χ2v) is 4.57. The van der Waals surface area contributed by atoms with Crippen molar-refractivity contribution in [1.82, 2.24) is 14.9 Å². The molecule has 92 valence electrons. The minimum atomic E-state index is 0.0203. The molecule has 1 aromatic rings. The number of carbonyl (C=O) groups excluding carboxylic acids is 1. The van der Waals surface area contributed by atoms with Crippen LogP contribution >= 0.6 is 0 Å². The average Bonchev–Trinajstić information content (AvgIpc) is 2.84. The van der Waals surface area contributed by atoms with Gasteiger partial charge in [0.1, 0.15) is 5.69 Å². The lowest BCUT2D eigenvalue weighted by Gasteiger charge is -2.27. The van der Waals surface area contributed by atoms with Gasteiger partial charge in [-0.1, -0.05) is 12.8 Å². The van der Waals surface area contributed by atoms with Crippen molar-refractivity contribution in [3.63, 3.8) is 0 Å². The average molecular weight is 233 g/mol. The van der Waals surface area contributed by atoms with Crippen LogP contribution in [-0.2, 0) is 0 Å². The summed E-state index contributed by atoms with van der Waals surface area (Å²) < 4.78 is 0. The van der Waals surface area contributed by atoms with E-state index >= 15 is 0 Å². The number of aromatic nitrogens is 2. The Morgan fingerprint density at radius 2 is 2.06 bits per heavy atom. The Hall–Kier alpha value is -1.45. The smallest absolute Gasteiger partial charge is 0.274 e. The van der Waals surface area contributed by atoms with Gasteiger partial charge >= 0.3 is 0 Å². The van der Waals surface area contributed by atoms with Gasteiger partial charge in [-0.05, 0) is 26.7 Å². The lowest BCUT2D eigenvalue weighted by molar-refractivity contribution is 0.0687. The molecule has 0 aromatic carbocycles. The third kappa shape index (κ3) is 2.62. The van der Waals surface area contributed by atoms with Crippen molar-refractivity contribution in [1.29, 1.82) is 0 Å². The maximum atomic E-state index is 12.3. The van der Waals surface area contributed by atoms with Crippen LogP contribution in [0.15, 0.2) is 12.4 Å². The molecule has 0 aliphatic heterocycles. The molecule has 1 aliphatic carbocycles. The highest BCUT2D eigenvalue weighted by molar-refractivity contribution is 5.92. The molecule has 4 nitrogen and oxygen atoms in total. The van der Waals surface area contributed by atoms with Gasteiger partial charge in [-0.2, -0.15) is 0 Å². The molecular formula is C13H19N3O. The van der Waals surface area contributed by atoms with E-state index in [1.54, 1.807) is 12.4 Å². The number of carbonyl (C=O) groups is 1. The monoisotopic (exact) mass is 233 g/mol. The van der Waals surface area contributed by atoms with E-state index in [0.29, 0.717) is 11.7 Å². The molecule has 0 spiro atoms. The summed E-state index contributed by atoms with van der Waals surface area (Å²) >= 11 is 0. The van der Waals surface area contributed by atoms with Gasteiger partial charge < -0.3 is 4.90 Å². The summed E-state index contributed by atoms with van der Waals surface area (Å²) in [6.45, 7) is 4.65. The number of amides is 1. The summed E-state index contributed by atoms with van der Waals surface area (Å²) in [5.41, 5.74) is 1.30. The van der Waals surface area contributed by atoms with Crippen molar-refractivity contribution in [2.24, 2.45) is 0 Å². The van der Waals surface area contributed by atoms with Crippen molar-refractivity contribution >= 4 is 5.91 Å². The number of nitrogens with zero attached hydrogens (tertiary/aromatic N) is 3. The Kier molecular flexibility index (Phi) is 3.71. The van der Waals surface area contributed by atoms with E-state index in [2.05, 4.69) is 9.97 Å². The molecule has 17 heavy (non-hydrogen) atoms. The largest absolute Gasteiger partial charge is 0.335 e. The molecule has 0 N–H and O–H groups in total. The van der Waals surface area contributed by atoms with Crippen molar-refractivity contribution in [2.45, 2.75) is 45.6 Å². The molecule has 4 heteroatoms. The van der Waals surface area contributed by atoms with Crippen LogP contribution in [0, 0.1) is 6.92 Å². The Morgan fingerprint density at radius 1 is 1.35 bits per heavy atom. The molecule has 1 aromatic heterocycles. The second kappa shape index (κ2) is 5.25. The van der Waals surface area contributed by atoms with Crippen LogP contribution in [0.3, 0.4) is 0 Å². The number of aryl methyl sites for hydroxylation is 1. The van der Waals surface area contributed by atoms with Crippen LogP contribution in [-0.4, -0.2) is 33.4 Å². The fraction of sp³-hybridized carbons (Fsp3) is 0.615. The van der Waals surface area contributed by atoms with Crippen LogP contribution in [0.4, 0.5) is 0 Å². The van der Waals surface area contributed by atoms with Gasteiger partial charge in [0.25, 0.3) is 5.91 Å². The predicted molar refractivity (Wildman–Crippen MR) is 65.7 cm³/mol. The summed E-state index contributed by atoms with van der Waals surface area (Å²) in [6, 6.07) is 0.399. The summed E-state index contributed by atoms with van der Waals surface area (Å²) in [7, 11) is 0. The summed E-state index contributed by atoms with van der Waals surface area (Å²) in [5.74, 6) is 0.0203. The van der Waals surface area contributed by atoms with Crippen LogP contribution in [0.2, 0.25) is 0 Å². The molecule has 1 fully saturated rings. The number of hydrogen-bond acceptors (Lipinski definition) is 3. The standard InChI is InChI=1S/C13H19N3O/c1-3-16(11-6-4-5-7-11)13(17)12-9-14-10(2)8-15-12/h8-9,11H,3-7H2,1-2H3. The first-order valence-corrected chi connectivity index (χ1v) is 6.32. The zero-order chi connectivity index (χ0) is 12.3. The van der Waals surface area contributed by atoms with E-state index in [9.17, 15) is 4.79 Å². The lowest BCUT2D eigenvalue weighted by Crippen LogP contribution is -2.39. The van der Waals surface area contributed by atoms with Crippen LogP contribution < -0.4 is 0 Å². The normalized spacial score (nSPS) is 16.1. The molecule has 1 aliphatic rings. The molecule has 2 rings (SSSR count). The first kappa shape index (κ1) is 12.0. The summed E-state index contributed by atoms with van der Waals surface area (Å²) in [4.78, 5) is 22.5. The third-order valence-electron chi connectivity index (χ3n) is 3.37. The highest BCUT2D eigenvalue weighted by atomic mass is 16.2. The lowest BCUT2D eigenvalue weighted by atomic mass is 10.2. The van der Waals surface area contributed by atoms with Gasteiger partial charge in [0.2, 0.25) is 0 Å². The molecular weight excluding hydrogens is 214 g/mol. The first-order chi connectivity index (χ1) is 8.22. The highest BCUT2D eigenvalue weighted by Gasteiger charge is 2.26. The van der Waals surface area contributed by atoms with E-state index in [4.69, 9.17) is 0 Å². The Bertz CT molecular complexity index is 382. The van der Waals surface area contributed by atoms with E-state index in [1.165, 1.54) is 12.8 Å². The first-order valence-electron chi connectivity index (χ1n) is 6.32. The minimum absolute atomic E-state index is 0.0203. The molecule has 1 heterocycles. The fourth-order valence-electron chi connectivity index (χ4n) is 2.43. The van der Waals surface area contributed by atoms with Crippen LogP contribution in [0.5, 0.6) is 0 Å². The molecule has 0 radical (unpaired) electrons. The maximum absolute atomic E-state index is 12.3. The molecule has 1 saturated carbocycles. The van der Waals surface area contributed by atoms with Crippen molar-refractivity contribution in [3.05, 3.63) is 23.8 Å². The predicted octanol–water partition coefficient (Wildman–Crippen LogP) is 2.19. The Morgan fingerprint density at radius 3 is 2.59 bits per heavy atom. The van der Waals surface area contributed by atoms with Crippen LogP contribution in [0.25, 0.3) is 0 Å². The topological polar surface area (TPSA) is 46.1 Å². The van der Waals surface area contributed by atoms with Gasteiger partial charge in [-0.3, -0.25) is 9.78 Å². The second-order valence-electron chi connectivity index (χ2n) is 4.57. The van der Waals surface area contributed by atoms with Gasteiger partial charge in [0, 0.05) is 18.8 Å². The zero-order valence-electron chi connectivity index (χ0n) is 10.5. The third-order valence-corrected chi connectivity index (χ3v) is 3.37. The van der Waals surface area contributed by atoms with Crippen molar-refractivity contribution < 1.29 is 4.79 Å². The number of hydrogen-bond donors (Lipinski definition) is 0. The molecule has 0 bridgehead atoms. The molecule has 1 amide bonds. The SMILES string of the molecule is CCN(C(=O)c1cnc(C)cn1)C1CCCC1. The quantitative estimate of drug-likeness (QED) is 0.804. The molecule has 0 saturated heterocycles. The number of rotatable bonds is 3. The van der Waals surface area contributed by atoms with E-state index < -0.39 is 0 Å². The Labute approximate surface area is 102 Å². The highest BCUT2D eigenvalue weighted by Crippen LogP contribution is 2.24. The van der Waals surface area contributed by atoms with Crippen LogP contribution in [0.1, 0.15) is 48.8 Å². The minimum Gasteiger partial charge on any atom is -0.335 e. The molecule has 0 atom stereocenters. The Balaban J connectivity index is 2.13. The van der Waals surface area contributed by atoms with Gasteiger partial charge in [-0.15, -0.1) is 0 Å². The van der Waals surface area contributed by atoms with Gasteiger partial charge in [0.15, 0.2) is 0 Å². The zero-order valence-corrected chi connectivity index (χ0v) is 10.5. The maximum Gasteiger partial charge on any atom is 0.274 e. The van der Waals surface area contributed by atoms with E-state index in [0.717, 1.165) is 25.1 Å². The van der Waals surface area contributed by atoms with Gasteiger partial charge in [0.05, 0.1) is 11.9 Å². The summed E-state index contributed by atoms with van der Waals surface area (Å²) in [5, 5.41) is 0. The van der Waals surface area contributed by atoms with Crippen molar-refractivity contribution in [3.8, 4) is 0 Å². The molecule has 0 unspecified atom stereocenters. The van der Waals surface area contributed by atoms with E-state index in [1.807, 2.05) is 18.7 Å². The van der Waals surface area contributed by atoms with Crippen molar-refractivity contribution in [2.75, 3.05) is 6.54 Å².